The van der Waals surface area contributed by atoms with Crippen LogP contribution in [-0.2, 0) is 6.42 Å². The molecule has 18 heavy (non-hydrogen) atoms. The summed E-state index contributed by atoms with van der Waals surface area (Å²) >= 11 is 0. The van der Waals surface area contributed by atoms with Crippen LogP contribution >= 0.6 is 0 Å². The molecule has 0 bridgehead atoms. The third kappa shape index (κ3) is 3.45. The van der Waals surface area contributed by atoms with Crippen LogP contribution in [0.15, 0.2) is 18.2 Å². The normalized spacial score (nSPS) is 16.6. The molecular weight excluding hydrogens is 229 g/mol. The van der Waals surface area contributed by atoms with Crippen LogP contribution in [0.1, 0.15) is 31.7 Å². The van der Waals surface area contributed by atoms with Crippen LogP contribution in [0.25, 0.3) is 0 Å². The molecule has 0 spiro atoms. The van der Waals surface area contributed by atoms with Gasteiger partial charge in [0.15, 0.2) is 0 Å². The van der Waals surface area contributed by atoms with Gasteiger partial charge < -0.3 is 10.1 Å². The van der Waals surface area contributed by atoms with Crippen molar-refractivity contribution in [1.29, 1.82) is 0 Å². The predicted octanol–water partition coefficient (Wildman–Crippen LogP) is 3.16. The molecule has 1 N–H and O–H groups in total. The van der Waals surface area contributed by atoms with E-state index in [0.29, 0.717) is 11.8 Å². The lowest BCUT2D eigenvalue weighted by molar-refractivity contribution is 0.409. The van der Waals surface area contributed by atoms with Gasteiger partial charge >= 0.3 is 0 Å². The van der Waals surface area contributed by atoms with Crippen LogP contribution in [0.4, 0.5) is 4.39 Å². The van der Waals surface area contributed by atoms with Crippen LogP contribution < -0.4 is 10.1 Å². The van der Waals surface area contributed by atoms with Crippen LogP contribution in [0.3, 0.4) is 0 Å². The van der Waals surface area contributed by atoms with Crippen LogP contribution in [0.5, 0.6) is 5.75 Å². The SMILES string of the molecule is CCNC(CCc1ccc(OC)cc1F)C1CC1. The molecule has 2 nitrogen and oxygen atoms in total. The maximum absolute atomic E-state index is 13.8. The minimum atomic E-state index is -0.152. The van der Waals surface area contributed by atoms with Crippen molar-refractivity contribution in [2.75, 3.05) is 13.7 Å². The van der Waals surface area contributed by atoms with Crippen molar-refractivity contribution in [2.45, 2.75) is 38.6 Å². The van der Waals surface area contributed by atoms with Crippen molar-refractivity contribution >= 4 is 0 Å². The maximum Gasteiger partial charge on any atom is 0.130 e. The Morgan fingerprint density at radius 3 is 2.78 bits per heavy atom. The second-order valence-electron chi connectivity index (χ2n) is 5.00. The second-order valence-corrected chi connectivity index (χ2v) is 5.00. The van der Waals surface area contributed by atoms with E-state index in [2.05, 4.69) is 12.2 Å². The highest BCUT2D eigenvalue weighted by Gasteiger charge is 2.30. The summed E-state index contributed by atoms with van der Waals surface area (Å²) in [5.74, 6) is 1.24. The number of halogens is 1. The first-order chi connectivity index (χ1) is 8.74. The third-order valence-corrected chi connectivity index (χ3v) is 3.64. The van der Waals surface area contributed by atoms with Gasteiger partial charge in [0, 0.05) is 12.1 Å². The van der Waals surface area contributed by atoms with E-state index in [1.54, 1.807) is 7.11 Å². The number of aryl methyl sites for hydroxylation is 1. The maximum atomic E-state index is 13.8. The Hall–Kier alpha value is -1.09. The largest absolute Gasteiger partial charge is 0.497 e. The average Bonchev–Trinajstić information content (AvgIpc) is 3.20. The Balaban J connectivity index is 1.92. The van der Waals surface area contributed by atoms with Gasteiger partial charge in [0.05, 0.1) is 7.11 Å². The van der Waals surface area contributed by atoms with Gasteiger partial charge in [-0.25, -0.2) is 4.39 Å². The molecule has 1 unspecified atom stereocenters. The first-order valence-electron chi connectivity index (χ1n) is 6.80. The molecule has 1 atom stereocenters. The van der Waals surface area contributed by atoms with Crippen molar-refractivity contribution in [2.24, 2.45) is 5.92 Å². The van der Waals surface area contributed by atoms with Crippen molar-refractivity contribution in [1.82, 2.24) is 5.32 Å². The fourth-order valence-corrected chi connectivity index (χ4v) is 2.43. The number of benzene rings is 1. The van der Waals surface area contributed by atoms with Crippen molar-refractivity contribution in [3.8, 4) is 5.75 Å². The number of hydrogen-bond acceptors (Lipinski definition) is 2. The summed E-state index contributed by atoms with van der Waals surface area (Å²) in [6.45, 7) is 3.12. The molecule has 1 aliphatic carbocycles. The highest BCUT2D eigenvalue weighted by molar-refractivity contribution is 5.29. The molecular formula is C15H22FNO. The highest BCUT2D eigenvalue weighted by Crippen LogP contribution is 2.34. The number of methoxy groups -OCH3 is 1. The van der Waals surface area contributed by atoms with Gasteiger partial charge in [-0.3, -0.25) is 0 Å². The Bertz CT molecular complexity index is 390. The van der Waals surface area contributed by atoms with Gasteiger partial charge in [0.1, 0.15) is 11.6 Å². The summed E-state index contributed by atoms with van der Waals surface area (Å²) in [5.41, 5.74) is 0.791. The predicted molar refractivity (Wildman–Crippen MR) is 71.5 cm³/mol. The quantitative estimate of drug-likeness (QED) is 0.803. The number of ether oxygens (including phenoxy) is 1. The monoisotopic (exact) mass is 251 g/mol. The van der Waals surface area contributed by atoms with E-state index >= 15 is 0 Å². The molecule has 0 saturated heterocycles. The summed E-state index contributed by atoms with van der Waals surface area (Å²) in [7, 11) is 1.56. The van der Waals surface area contributed by atoms with E-state index in [-0.39, 0.29) is 5.82 Å². The van der Waals surface area contributed by atoms with Gasteiger partial charge in [-0.2, -0.15) is 0 Å². The molecule has 100 valence electrons. The summed E-state index contributed by atoms with van der Waals surface area (Å²) < 4.78 is 18.8. The van der Waals surface area contributed by atoms with Crippen LogP contribution in [-0.4, -0.2) is 19.7 Å². The minimum Gasteiger partial charge on any atom is -0.497 e. The number of nitrogens with one attached hydrogen (secondary N) is 1. The summed E-state index contributed by atoms with van der Waals surface area (Å²) in [5, 5.41) is 3.51. The number of rotatable bonds is 7. The Kier molecular flexibility index (Phi) is 4.59. The first kappa shape index (κ1) is 13.3. The Morgan fingerprint density at radius 2 is 2.22 bits per heavy atom. The fraction of sp³-hybridized carbons (Fsp3) is 0.600. The van der Waals surface area contributed by atoms with E-state index in [1.165, 1.54) is 18.9 Å². The molecule has 0 radical (unpaired) electrons. The van der Waals surface area contributed by atoms with Gasteiger partial charge in [0.2, 0.25) is 0 Å². The molecule has 1 fully saturated rings. The van der Waals surface area contributed by atoms with E-state index < -0.39 is 0 Å². The highest BCUT2D eigenvalue weighted by atomic mass is 19.1. The Labute approximate surface area is 109 Å². The van der Waals surface area contributed by atoms with E-state index in [9.17, 15) is 4.39 Å². The fourth-order valence-electron chi connectivity index (χ4n) is 2.43. The molecule has 1 aromatic rings. The molecule has 0 heterocycles. The molecule has 0 aliphatic heterocycles. The smallest absolute Gasteiger partial charge is 0.130 e. The van der Waals surface area contributed by atoms with E-state index in [0.717, 1.165) is 30.9 Å². The minimum absolute atomic E-state index is 0.152. The topological polar surface area (TPSA) is 21.3 Å². The van der Waals surface area contributed by atoms with Gasteiger partial charge in [-0.1, -0.05) is 13.0 Å². The zero-order chi connectivity index (χ0) is 13.0. The molecule has 1 aliphatic rings. The van der Waals surface area contributed by atoms with Gasteiger partial charge in [0.25, 0.3) is 0 Å². The van der Waals surface area contributed by atoms with Crippen molar-refractivity contribution in [3.05, 3.63) is 29.6 Å². The number of hydrogen-bond donors (Lipinski definition) is 1. The lowest BCUT2D eigenvalue weighted by Crippen LogP contribution is -2.31. The van der Waals surface area contributed by atoms with E-state index in [1.807, 2.05) is 12.1 Å². The molecule has 2 rings (SSSR count). The lowest BCUT2D eigenvalue weighted by atomic mass is 10.0. The molecule has 1 aromatic carbocycles. The average molecular weight is 251 g/mol. The summed E-state index contributed by atoms with van der Waals surface area (Å²) in [6, 6.07) is 5.69. The molecule has 0 amide bonds. The summed E-state index contributed by atoms with van der Waals surface area (Å²) in [4.78, 5) is 0. The first-order valence-corrected chi connectivity index (χ1v) is 6.80. The second kappa shape index (κ2) is 6.19. The zero-order valence-corrected chi connectivity index (χ0v) is 11.2. The molecule has 3 heteroatoms. The molecule has 0 aromatic heterocycles. The van der Waals surface area contributed by atoms with Gasteiger partial charge in [-0.05, 0) is 49.8 Å². The lowest BCUT2D eigenvalue weighted by Gasteiger charge is -2.17. The zero-order valence-electron chi connectivity index (χ0n) is 11.2. The van der Waals surface area contributed by atoms with Crippen LogP contribution in [0.2, 0.25) is 0 Å². The van der Waals surface area contributed by atoms with Gasteiger partial charge in [-0.15, -0.1) is 0 Å². The Morgan fingerprint density at radius 1 is 1.44 bits per heavy atom. The third-order valence-electron chi connectivity index (χ3n) is 3.64. The molecule has 1 saturated carbocycles. The van der Waals surface area contributed by atoms with Crippen molar-refractivity contribution in [3.63, 3.8) is 0 Å². The standard InChI is InChI=1S/C15H22FNO/c1-3-17-15(12-4-5-12)9-7-11-6-8-13(18-2)10-14(11)16/h6,8,10,12,15,17H,3-5,7,9H2,1-2H3. The van der Waals surface area contributed by atoms with E-state index in [4.69, 9.17) is 4.74 Å². The van der Waals surface area contributed by atoms with Crippen molar-refractivity contribution < 1.29 is 9.13 Å². The summed E-state index contributed by atoms with van der Waals surface area (Å²) in [6.07, 6.45) is 4.46. The van der Waals surface area contributed by atoms with Crippen LogP contribution in [0, 0.1) is 11.7 Å².